The van der Waals surface area contributed by atoms with Crippen LogP contribution in [0.25, 0.3) is 0 Å². The number of carbonyl (C=O) groups excluding carboxylic acids is 3. The van der Waals surface area contributed by atoms with Crippen molar-refractivity contribution in [3.05, 3.63) is 71.6 Å². The Morgan fingerprint density at radius 3 is 2.56 bits per heavy atom. The Morgan fingerprint density at radius 1 is 1.18 bits per heavy atom. The number of methoxy groups -OCH3 is 1. The molecule has 246 valence electrons. The van der Waals surface area contributed by atoms with Crippen LogP contribution in [-0.4, -0.2) is 84.9 Å². The molecule has 2 N–H and O–H groups in total. The number of hydrogen-bond acceptors (Lipinski definition) is 9. The third-order valence-electron chi connectivity index (χ3n) is 8.57. The van der Waals surface area contributed by atoms with Crippen molar-refractivity contribution in [1.29, 1.82) is 0 Å². The summed E-state index contributed by atoms with van der Waals surface area (Å²) >= 11 is 0. The molecule has 45 heavy (non-hydrogen) atoms. The van der Waals surface area contributed by atoms with Gasteiger partial charge in [-0.2, -0.15) is 0 Å². The van der Waals surface area contributed by atoms with Gasteiger partial charge in [-0.1, -0.05) is 30.7 Å². The maximum absolute atomic E-state index is 13.1. The summed E-state index contributed by atoms with van der Waals surface area (Å²) in [5, 5.41) is 13.8. The summed E-state index contributed by atoms with van der Waals surface area (Å²) in [6, 6.07) is 4.86. The van der Waals surface area contributed by atoms with Gasteiger partial charge in [0.2, 0.25) is 5.91 Å². The Morgan fingerprint density at radius 2 is 1.89 bits per heavy atom. The highest BCUT2D eigenvalue weighted by atomic mass is 19.1. The lowest BCUT2D eigenvalue weighted by Gasteiger charge is -2.39. The number of aliphatic hydroxyl groups is 1. The van der Waals surface area contributed by atoms with Crippen LogP contribution in [0.3, 0.4) is 0 Å². The summed E-state index contributed by atoms with van der Waals surface area (Å²) in [6.07, 6.45) is 7.84. The molecule has 1 aromatic carbocycles. The number of allylic oxidation sites excluding steroid dienone is 2. The molecule has 4 rings (SSSR count). The molecule has 0 radical (unpaired) electrons. The summed E-state index contributed by atoms with van der Waals surface area (Å²) < 4.78 is 41.0. The summed E-state index contributed by atoms with van der Waals surface area (Å²) in [5.74, 6) is -1.55. The van der Waals surface area contributed by atoms with Gasteiger partial charge in [0, 0.05) is 12.5 Å². The summed E-state index contributed by atoms with van der Waals surface area (Å²) in [5.41, 5.74) is 0.538. The molecule has 0 bridgehead atoms. The average Bonchev–Trinajstić information content (AvgIpc) is 3.78. The minimum Gasteiger partial charge on any atom is -0.469 e. The van der Waals surface area contributed by atoms with Crippen LogP contribution in [-0.2, 0) is 33.3 Å². The van der Waals surface area contributed by atoms with Gasteiger partial charge in [0.15, 0.2) is 0 Å². The quantitative estimate of drug-likeness (QED) is 0.162. The van der Waals surface area contributed by atoms with Gasteiger partial charge in [-0.25, -0.2) is 9.18 Å². The molecule has 11 heteroatoms. The Hall–Kier alpha value is -3.38. The number of epoxide rings is 1. The first-order valence-electron chi connectivity index (χ1n) is 15.4. The number of rotatable bonds is 11. The first-order valence-corrected chi connectivity index (χ1v) is 15.4. The van der Waals surface area contributed by atoms with E-state index in [1.54, 1.807) is 13.0 Å². The van der Waals surface area contributed by atoms with Gasteiger partial charge in [-0.05, 0) is 69.9 Å². The molecule has 1 unspecified atom stereocenters. The van der Waals surface area contributed by atoms with Crippen LogP contribution in [0.1, 0.15) is 63.7 Å². The Labute approximate surface area is 263 Å². The molecule has 1 amide bonds. The smallest absolute Gasteiger partial charge is 0.338 e. The topological polar surface area (TPSA) is 133 Å². The molecule has 3 heterocycles. The standard InChI is InChI=1S/C34H44FNO9/c1-20(7-14-29-32(39)34(19-42-34)18-26(45-29)17-31(38)41-5)6-13-28-21(2)16-27(23(4)44-28)36-30(37)15-8-22(3)43-33(40)24-9-11-25(35)12-10-24/h6-12,14-15,21-23,26-29,32,39H,13,16-19H2,1-5H3,(H,36,37)/b14-7+,15-8-,20-6+/t21-,22?,23+,26+,27+,28-,29+,32+,34+/m0/s1. The van der Waals surface area contributed by atoms with Gasteiger partial charge in [-0.3, -0.25) is 9.59 Å². The number of hydrogen-bond donors (Lipinski definition) is 2. The molecule has 9 atom stereocenters. The van der Waals surface area contributed by atoms with Crippen LogP contribution in [0.4, 0.5) is 4.39 Å². The lowest BCUT2D eigenvalue weighted by Crippen LogP contribution is -2.50. The highest BCUT2D eigenvalue weighted by Gasteiger charge is 2.58. The van der Waals surface area contributed by atoms with Crippen molar-refractivity contribution in [2.75, 3.05) is 13.7 Å². The zero-order valence-corrected chi connectivity index (χ0v) is 26.4. The summed E-state index contributed by atoms with van der Waals surface area (Å²) in [7, 11) is 1.34. The minimum atomic E-state index is -0.820. The van der Waals surface area contributed by atoms with E-state index in [1.165, 1.54) is 43.5 Å². The zero-order valence-electron chi connectivity index (χ0n) is 26.4. The second-order valence-electron chi connectivity index (χ2n) is 12.2. The van der Waals surface area contributed by atoms with Crippen LogP contribution in [0.5, 0.6) is 0 Å². The molecular weight excluding hydrogens is 585 g/mol. The van der Waals surface area contributed by atoms with Gasteiger partial charge in [-0.15, -0.1) is 0 Å². The molecule has 3 saturated heterocycles. The van der Waals surface area contributed by atoms with Crippen LogP contribution >= 0.6 is 0 Å². The molecule has 0 aromatic heterocycles. The molecule has 3 aliphatic heterocycles. The third kappa shape index (κ3) is 9.56. The second-order valence-corrected chi connectivity index (χ2v) is 12.2. The SMILES string of the molecule is COC(=O)C[C@@H]1C[C@@]2(CO2)[C@H](O)[C@@H](/C=C/C(C)=C/C[C@@H]2O[C@H](C)[C@H](NC(=O)/C=C\C(C)OC(=O)c3ccc(F)cc3)C[C@@H]2C)O1. The van der Waals surface area contributed by atoms with Gasteiger partial charge in [0.1, 0.15) is 29.7 Å². The predicted octanol–water partition coefficient (Wildman–Crippen LogP) is 3.97. The van der Waals surface area contributed by atoms with Gasteiger partial charge in [0.05, 0.1) is 50.1 Å². The Balaban J connectivity index is 1.23. The van der Waals surface area contributed by atoms with E-state index in [9.17, 15) is 23.9 Å². The van der Waals surface area contributed by atoms with Crippen molar-refractivity contribution >= 4 is 17.8 Å². The van der Waals surface area contributed by atoms with E-state index in [0.717, 1.165) is 12.0 Å². The molecule has 0 aliphatic carbocycles. The fraction of sp³-hybridized carbons (Fsp3) is 0.559. The number of esters is 2. The maximum Gasteiger partial charge on any atom is 0.338 e. The number of halogens is 1. The number of nitrogens with one attached hydrogen (secondary N) is 1. The minimum absolute atomic E-state index is 0.0398. The molecule has 3 aliphatic rings. The monoisotopic (exact) mass is 629 g/mol. The fourth-order valence-electron chi connectivity index (χ4n) is 5.72. The maximum atomic E-state index is 13.1. The van der Waals surface area contributed by atoms with E-state index in [-0.39, 0.29) is 48.0 Å². The Bertz CT molecular complexity index is 1290. The van der Waals surface area contributed by atoms with E-state index in [2.05, 4.69) is 18.3 Å². The van der Waals surface area contributed by atoms with E-state index in [0.29, 0.717) is 19.4 Å². The second kappa shape index (κ2) is 15.3. The lowest BCUT2D eigenvalue weighted by molar-refractivity contribution is -0.157. The van der Waals surface area contributed by atoms with E-state index in [1.807, 2.05) is 19.9 Å². The number of ether oxygens (including phenoxy) is 5. The Kier molecular flexibility index (Phi) is 11.7. The van der Waals surface area contributed by atoms with Crippen LogP contribution in [0, 0.1) is 11.7 Å². The largest absolute Gasteiger partial charge is 0.469 e. The molecule has 0 saturated carbocycles. The number of amides is 1. The third-order valence-corrected chi connectivity index (χ3v) is 8.57. The molecule has 1 aromatic rings. The van der Waals surface area contributed by atoms with E-state index < -0.39 is 41.8 Å². The normalized spacial score (nSPS) is 32.4. The van der Waals surface area contributed by atoms with Crippen molar-refractivity contribution < 1.29 is 47.6 Å². The van der Waals surface area contributed by atoms with Crippen LogP contribution < -0.4 is 5.32 Å². The first-order chi connectivity index (χ1) is 21.4. The lowest BCUT2D eigenvalue weighted by atomic mass is 9.87. The highest BCUT2D eigenvalue weighted by molar-refractivity contribution is 5.90. The summed E-state index contributed by atoms with van der Waals surface area (Å²) in [6.45, 7) is 8.06. The van der Waals surface area contributed by atoms with Crippen molar-refractivity contribution in [2.45, 2.75) is 102 Å². The van der Waals surface area contributed by atoms with E-state index in [4.69, 9.17) is 23.7 Å². The van der Waals surface area contributed by atoms with Crippen molar-refractivity contribution in [3.8, 4) is 0 Å². The van der Waals surface area contributed by atoms with Crippen molar-refractivity contribution in [3.63, 3.8) is 0 Å². The zero-order chi connectivity index (χ0) is 32.7. The number of aliphatic hydroxyl groups excluding tert-OH is 1. The highest BCUT2D eigenvalue weighted by Crippen LogP contribution is 2.43. The number of carbonyl (C=O) groups is 3. The fourth-order valence-corrected chi connectivity index (χ4v) is 5.72. The first kappa shape index (κ1) is 34.5. The van der Waals surface area contributed by atoms with Crippen molar-refractivity contribution in [1.82, 2.24) is 5.32 Å². The molecule has 10 nitrogen and oxygen atoms in total. The van der Waals surface area contributed by atoms with E-state index >= 15 is 0 Å². The van der Waals surface area contributed by atoms with Gasteiger partial charge in [0.25, 0.3) is 0 Å². The van der Waals surface area contributed by atoms with Gasteiger partial charge < -0.3 is 34.1 Å². The predicted molar refractivity (Wildman–Crippen MR) is 163 cm³/mol. The molecular formula is C34H44FNO9. The van der Waals surface area contributed by atoms with Crippen molar-refractivity contribution in [2.24, 2.45) is 5.92 Å². The number of benzene rings is 1. The van der Waals surface area contributed by atoms with Crippen LogP contribution in [0.15, 0.2) is 60.2 Å². The van der Waals surface area contributed by atoms with Gasteiger partial charge >= 0.3 is 11.9 Å². The van der Waals surface area contributed by atoms with Crippen LogP contribution in [0.2, 0.25) is 0 Å². The molecule has 3 fully saturated rings. The molecule has 1 spiro atoms. The summed E-state index contributed by atoms with van der Waals surface area (Å²) in [4.78, 5) is 36.6. The average molecular weight is 630 g/mol.